The largest absolute Gasteiger partial charge is 0.493 e. The van der Waals surface area contributed by atoms with Gasteiger partial charge in [0.25, 0.3) is 5.91 Å². The average molecular weight is 428 g/mol. The lowest BCUT2D eigenvalue weighted by Crippen LogP contribution is -2.27. The van der Waals surface area contributed by atoms with Crippen molar-refractivity contribution in [2.24, 2.45) is 0 Å². The van der Waals surface area contributed by atoms with Gasteiger partial charge in [0, 0.05) is 12.6 Å². The van der Waals surface area contributed by atoms with Gasteiger partial charge in [0.1, 0.15) is 5.56 Å². The standard InChI is InChI=1S/C19H19F3N2O6/c1-28-14-10-12(15(24(26)27)17(30-3)16(14)29-2)18(25)23-9-8-11-6-4-5-7-13(11)19(20,21)22/h4-7,10H,8-9H2,1-3H3,(H,23,25). The molecule has 2 aromatic rings. The van der Waals surface area contributed by atoms with Crippen molar-refractivity contribution in [3.63, 3.8) is 0 Å². The molecule has 0 atom stereocenters. The third-order valence-electron chi connectivity index (χ3n) is 4.23. The van der Waals surface area contributed by atoms with Gasteiger partial charge in [0.2, 0.25) is 11.5 Å². The van der Waals surface area contributed by atoms with Crippen LogP contribution in [0.5, 0.6) is 17.2 Å². The number of carbonyl (C=O) groups is 1. The molecule has 1 N–H and O–H groups in total. The molecule has 0 aliphatic carbocycles. The maximum Gasteiger partial charge on any atom is 0.416 e. The highest BCUT2D eigenvalue weighted by molar-refractivity contribution is 6.00. The number of hydrogen-bond donors (Lipinski definition) is 1. The highest BCUT2D eigenvalue weighted by atomic mass is 19.4. The van der Waals surface area contributed by atoms with Gasteiger partial charge in [0.15, 0.2) is 5.75 Å². The highest BCUT2D eigenvalue weighted by Crippen LogP contribution is 2.46. The lowest BCUT2D eigenvalue weighted by Gasteiger charge is -2.15. The molecule has 0 saturated heterocycles. The highest BCUT2D eigenvalue weighted by Gasteiger charge is 2.34. The molecule has 1 amide bonds. The Labute approximate surface area is 169 Å². The molecule has 30 heavy (non-hydrogen) atoms. The Kier molecular flexibility index (Phi) is 7.09. The van der Waals surface area contributed by atoms with Crippen LogP contribution in [0.3, 0.4) is 0 Å². The molecule has 2 rings (SSSR count). The second-order valence-corrected chi connectivity index (χ2v) is 5.96. The molecule has 0 fully saturated rings. The van der Waals surface area contributed by atoms with Gasteiger partial charge in [-0.25, -0.2) is 0 Å². The van der Waals surface area contributed by atoms with Crippen molar-refractivity contribution in [1.82, 2.24) is 5.32 Å². The summed E-state index contributed by atoms with van der Waals surface area (Å²) >= 11 is 0. The number of nitrogens with one attached hydrogen (secondary N) is 1. The average Bonchev–Trinajstić information content (AvgIpc) is 2.71. The van der Waals surface area contributed by atoms with E-state index in [2.05, 4.69) is 5.32 Å². The zero-order valence-electron chi connectivity index (χ0n) is 16.3. The van der Waals surface area contributed by atoms with Gasteiger partial charge in [0.05, 0.1) is 31.8 Å². The Bertz CT molecular complexity index is 947. The molecular weight excluding hydrogens is 409 g/mol. The number of alkyl halides is 3. The number of hydrogen-bond acceptors (Lipinski definition) is 6. The topological polar surface area (TPSA) is 99.9 Å². The number of amides is 1. The van der Waals surface area contributed by atoms with Gasteiger partial charge < -0.3 is 19.5 Å². The normalized spacial score (nSPS) is 11.0. The van der Waals surface area contributed by atoms with Gasteiger partial charge in [-0.1, -0.05) is 18.2 Å². The van der Waals surface area contributed by atoms with Crippen LogP contribution in [0, 0.1) is 10.1 Å². The number of nitro groups is 1. The van der Waals surface area contributed by atoms with Gasteiger partial charge in [-0.3, -0.25) is 14.9 Å². The number of benzene rings is 2. The van der Waals surface area contributed by atoms with Crippen molar-refractivity contribution in [1.29, 1.82) is 0 Å². The van der Waals surface area contributed by atoms with Crippen LogP contribution in [0.2, 0.25) is 0 Å². The first kappa shape index (κ1) is 22.8. The number of ether oxygens (including phenoxy) is 3. The summed E-state index contributed by atoms with van der Waals surface area (Å²) in [6.45, 7) is -0.181. The van der Waals surface area contributed by atoms with E-state index in [0.717, 1.165) is 12.1 Å². The SMILES string of the molecule is COc1cc(C(=O)NCCc2ccccc2C(F)(F)F)c([N+](=O)[O-])c(OC)c1OC. The fraction of sp³-hybridized carbons (Fsp3) is 0.316. The molecule has 8 nitrogen and oxygen atoms in total. The van der Waals surface area contributed by atoms with Gasteiger partial charge >= 0.3 is 11.9 Å². The summed E-state index contributed by atoms with van der Waals surface area (Å²) in [5.41, 5.74) is -1.84. The van der Waals surface area contributed by atoms with Gasteiger partial charge in [-0.2, -0.15) is 13.2 Å². The zero-order valence-corrected chi connectivity index (χ0v) is 16.3. The van der Waals surface area contributed by atoms with Crippen molar-refractivity contribution in [3.8, 4) is 17.2 Å². The zero-order chi connectivity index (χ0) is 22.5. The van der Waals surface area contributed by atoms with Crippen LogP contribution in [0.15, 0.2) is 30.3 Å². The molecule has 0 spiro atoms. The van der Waals surface area contributed by atoms with E-state index >= 15 is 0 Å². The van der Waals surface area contributed by atoms with Crippen LogP contribution < -0.4 is 19.5 Å². The summed E-state index contributed by atoms with van der Waals surface area (Å²) < 4.78 is 54.4. The third-order valence-corrected chi connectivity index (χ3v) is 4.23. The molecule has 0 aliphatic heterocycles. The number of carbonyl (C=O) groups excluding carboxylic acids is 1. The molecule has 0 unspecified atom stereocenters. The summed E-state index contributed by atoms with van der Waals surface area (Å²) in [4.78, 5) is 23.3. The predicted octanol–water partition coefficient (Wildman–Crippen LogP) is 3.61. The van der Waals surface area contributed by atoms with Gasteiger partial charge in [-0.05, 0) is 18.1 Å². The van der Waals surface area contributed by atoms with E-state index in [1.165, 1.54) is 39.5 Å². The maximum atomic E-state index is 13.1. The minimum absolute atomic E-state index is 0.00954. The molecular formula is C19H19F3N2O6. The number of nitro benzene ring substituents is 1. The fourth-order valence-corrected chi connectivity index (χ4v) is 2.92. The smallest absolute Gasteiger partial charge is 0.416 e. The first-order valence-electron chi connectivity index (χ1n) is 8.56. The molecule has 0 radical (unpaired) electrons. The van der Waals surface area contributed by atoms with E-state index in [-0.39, 0.29) is 41.3 Å². The van der Waals surface area contributed by atoms with Crippen LogP contribution in [-0.4, -0.2) is 38.7 Å². The van der Waals surface area contributed by atoms with Crippen molar-refractivity contribution in [3.05, 3.63) is 57.1 Å². The van der Waals surface area contributed by atoms with Gasteiger partial charge in [-0.15, -0.1) is 0 Å². The second-order valence-electron chi connectivity index (χ2n) is 5.96. The minimum atomic E-state index is -4.53. The Morgan fingerprint density at radius 2 is 1.73 bits per heavy atom. The number of rotatable bonds is 8. The van der Waals surface area contributed by atoms with E-state index in [0.29, 0.717) is 0 Å². The molecule has 11 heteroatoms. The molecule has 0 saturated carbocycles. The van der Waals surface area contributed by atoms with Crippen molar-refractivity contribution in [2.75, 3.05) is 27.9 Å². The first-order chi connectivity index (χ1) is 14.1. The number of nitrogens with zero attached hydrogens (tertiary/aromatic N) is 1. The monoisotopic (exact) mass is 428 g/mol. The molecule has 162 valence electrons. The van der Waals surface area contributed by atoms with Crippen LogP contribution in [-0.2, 0) is 12.6 Å². The van der Waals surface area contributed by atoms with Crippen LogP contribution in [0.4, 0.5) is 18.9 Å². The summed E-state index contributed by atoms with van der Waals surface area (Å²) in [6, 6.07) is 6.08. The predicted molar refractivity (Wildman–Crippen MR) is 100 cm³/mol. The first-order valence-corrected chi connectivity index (χ1v) is 8.56. The number of halogens is 3. The Morgan fingerprint density at radius 3 is 2.27 bits per heavy atom. The molecule has 0 aromatic heterocycles. The van der Waals surface area contributed by atoms with E-state index in [1.807, 2.05) is 0 Å². The van der Waals surface area contributed by atoms with E-state index in [9.17, 15) is 28.1 Å². The molecule has 0 aliphatic rings. The van der Waals surface area contributed by atoms with E-state index in [4.69, 9.17) is 14.2 Å². The van der Waals surface area contributed by atoms with E-state index in [1.54, 1.807) is 0 Å². The Morgan fingerprint density at radius 1 is 1.10 bits per heavy atom. The third kappa shape index (κ3) is 4.73. The summed E-state index contributed by atoms with van der Waals surface area (Å²) in [5, 5.41) is 13.9. The summed E-state index contributed by atoms with van der Waals surface area (Å²) in [5.74, 6) is -1.23. The quantitative estimate of drug-likeness (QED) is 0.509. The number of methoxy groups -OCH3 is 3. The second kappa shape index (κ2) is 9.33. The van der Waals surface area contributed by atoms with Crippen LogP contribution in [0.25, 0.3) is 0 Å². The van der Waals surface area contributed by atoms with Crippen LogP contribution in [0.1, 0.15) is 21.5 Å². The van der Waals surface area contributed by atoms with Crippen molar-refractivity contribution in [2.45, 2.75) is 12.6 Å². The Hall–Kier alpha value is -3.50. The molecule has 2 aromatic carbocycles. The lowest BCUT2D eigenvalue weighted by atomic mass is 10.0. The van der Waals surface area contributed by atoms with Crippen LogP contribution >= 0.6 is 0 Å². The molecule has 0 heterocycles. The Balaban J connectivity index is 2.31. The summed E-state index contributed by atoms with van der Waals surface area (Å²) in [6.07, 6.45) is -4.66. The maximum absolute atomic E-state index is 13.1. The molecule has 0 bridgehead atoms. The fourth-order valence-electron chi connectivity index (χ4n) is 2.92. The van der Waals surface area contributed by atoms with Crippen molar-refractivity contribution >= 4 is 11.6 Å². The summed E-state index contributed by atoms with van der Waals surface area (Å²) in [7, 11) is 3.70. The lowest BCUT2D eigenvalue weighted by molar-refractivity contribution is -0.386. The van der Waals surface area contributed by atoms with Crippen molar-refractivity contribution < 1.29 is 37.1 Å². The minimum Gasteiger partial charge on any atom is -0.493 e. The van der Waals surface area contributed by atoms with E-state index < -0.39 is 28.3 Å².